The van der Waals surface area contributed by atoms with Crippen LogP contribution in [0.5, 0.6) is 0 Å². The molecule has 1 aliphatic heterocycles. The van der Waals surface area contributed by atoms with E-state index in [1.54, 1.807) is 0 Å². The van der Waals surface area contributed by atoms with Gasteiger partial charge < -0.3 is 5.32 Å². The largest absolute Gasteiger partial charge is 0.368 e. The summed E-state index contributed by atoms with van der Waals surface area (Å²) in [6, 6.07) is 10.3. The van der Waals surface area contributed by atoms with Crippen LogP contribution in [0, 0.1) is 6.92 Å². The number of anilines is 1. The molecule has 0 spiro atoms. The maximum Gasteiger partial charge on any atom is 0.133 e. The lowest BCUT2D eigenvalue weighted by Gasteiger charge is -2.07. The molecule has 1 aromatic carbocycles. The number of hydrogen-bond acceptors (Lipinski definition) is 3. The molecule has 0 saturated carbocycles. The summed E-state index contributed by atoms with van der Waals surface area (Å²) in [5, 5.41) is 7.88. The van der Waals surface area contributed by atoms with Crippen molar-refractivity contribution in [2.75, 3.05) is 18.4 Å². The first kappa shape index (κ1) is 13.6. The highest BCUT2D eigenvalue weighted by Gasteiger charge is 2.21. The molecule has 5 heteroatoms. The van der Waals surface area contributed by atoms with Gasteiger partial charge in [-0.05, 0) is 6.92 Å². The number of aromatic nitrogens is 2. The van der Waals surface area contributed by atoms with Crippen LogP contribution in [0.2, 0.25) is 0 Å². The van der Waals surface area contributed by atoms with Crippen molar-refractivity contribution in [3.63, 3.8) is 0 Å². The molecule has 1 N–H and O–H groups in total. The van der Waals surface area contributed by atoms with E-state index >= 15 is 0 Å². The van der Waals surface area contributed by atoms with Crippen molar-refractivity contribution in [1.82, 2.24) is 9.78 Å². The standard InChI is InChI=1S/C14H16N4.ClH/c1-10-12-13(11-6-4-3-5-7-11)15-8-9-16-14(12)18(2)17-10;/h3-7,16H,8-9H2,1-2H3;1H. The van der Waals surface area contributed by atoms with E-state index in [0.717, 1.165) is 41.4 Å². The van der Waals surface area contributed by atoms with E-state index in [2.05, 4.69) is 22.5 Å². The predicted octanol–water partition coefficient (Wildman–Crippen LogP) is 2.41. The highest BCUT2D eigenvalue weighted by Crippen LogP contribution is 2.24. The van der Waals surface area contributed by atoms with Gasteiger partial charge in [0, 0.05) is 19.2 Å². The number of aliphatic imine (C=N–C) groups is 1. The lowest BCUT2D eigenvalue weighted by atomic mass is 10.0. The van der Waals surface area contributed by atoms with Crippen molar-refractivity contribution < 1.29 is 0 Å². The van der Waals surface area contributed by atoms with Crippen LogP contribution in [0.1, 0.15) is 16.8 Å². The first-order valence-corrected chi connectivity index (χ1v) is 6.15. The Hall–Kier alpha value is -1.81. The number of halogens is 1. The summed E-state index contributed by atoms with van der Waals surface area (Å²) in [6.07, 6.45) is 0. The first-order chi connectivity index (χ1) is 8.77. The molecule has 1 aliphatic rings. The third kappa shape index (κ3) is 2.36. The average molecular weight is 277 g/mol. The van der Waals surface area contributed by atoms with Crippen LogP contribution in [0.25, 0.3) is 0 Å². The summed E-state index contributed by atoms with van der Waals surface area (Å²) in [7, 11) is 1.97. The zero-order valence-corrected chi connectivity index (χ0v) is 11.9. The SMILES string of the molecule is Cc1nn(C)c2c1C(c1ccccc1)=NCCN2.Cl. The van der Waals surface area contributed by atoms with E-state index in [0.29, 0.717) is 0 Å². The molecule has 0 amide bonds. The Bertz CT molecular complexity index is 601. The van der Waals surface area contributed by atoms with Crippen molar-refractivity contribution >= 4 is 23.9 Å². The molecule has 0 unspecified atom stereocenters. The molecule has 2 aromatic rings. The summed E-state index contributed by atoms with van der Waals surface area (Å²) in [4.78, 5) is 4.71. The molecule has 3 rings (SSSR count). The zero-order valence-electron chi connectivity index (χ0n) is 11.1. The van der Waals surface area contributed by atoms with Crippen molar-refractivity contribution in [3.8, 4) is 0 Å². The fourth-order valence-electron chi connectivity index (χ4n) is 2.40. The third-order valence-corrected chi connectivity index (χ3v) is 3.18. The minimum atomic E-state index is 0. The second-order valence-corrected chi connectivity index (χ2v) is 4.46. The Kier molecular flexibility index (Phi) is 3.90. The van der Waals surface area contributed by atoms with E-state index in [4.69, 9.17) is 4.99 Å². The molecule has 0 fully saturated rings. The quantitative estimate of drug-likeness (QED) is 0.869. The van der Waals surface area contributed by atoms with Crippen molar-refractivity contribution in [1.29, 1.82) is 0 Å². The molecule has 0 bridgehead atoms. The first-order valence-electron chi connectivity index (χ1n) is 6.15. The number of nitrogens with zero attached hydrogens (tertiary/aromatic N) is 3. The molecule has 0 aliphatic carbocycles. The molecular weight excluding hydrogens is 260 g/mol. The minimum Gasteiger partial charge on any atom is -0.368 e. The second kappa shape index (κ2) is 5.45. The van der Waals surface area contributed by atoms with Crippen molar-refractivity contribution in [3.05, 3.63) is 47.2 Å². The summed E-state index contributed by atoms with van der Waals surface area (Å²) in [5.74, 6) is 1.06. The molecule has 0 radical (unpaired) electrons. The molecule has 19 heavy (non-hydrogen) atoms. The Morgan fingerprint density at radius 3 is 2.68 bits per heavy atom. The van der Waals surface area contributed by atoms with Crippen molar-refractivity contribution in [2.24, 2.45) is 12.0 Å². The summed E-state index contributed by atoms with van der Waals surface area (Å²) < 4.78 is 1.90. The van der Waals surface area contributed by atoms with Gasteiger partial charge in [0.05, 0.1) is 23.5 Å². The Morgan fingerprint density at radius 1 is 1.21 bits per heavy atom. The van der Waals surface area contributed by atoms with Gasteiger partial charge in [-0.3, -0.25) is 9.67 Å². The topological polar surface area (TPSA) is 42.2 Å². The molecule has 0 saturated heterocycles. The van der Waals surface area contributed by atoms with Gasteiger partial charge >= 0.3 is 0 Å². The van der Waals surface area contributed by atoms with E-state index < -0.39 is 0 Å². The highest BCUT2D eigenvalue weighted by molar-refractivity contribution is 6.16. The highest BCUT2D eigenvalue weighted by atomic mass is 35.5. The van der Waals surface area contributed by atoms with Crippen LogP contribution in [0.4, 0.5) is 5.82 Å². The molecule has 1 aromatic heterocycles. The fourth-order valence-corrected chi connectivity index (χ4v) is 2.40. The summed E-state index contributed by atoms with van der Waals surface area (Å²) >= 11 is 0. The van der Waals surface area contributed by atoms with Crippen molar-refractivity contribution in [2.45, 2.75) is 6.92 Å². The third-order valence-electron chi connectivity index (χ3n) is 3.18. The van der Waals surface area contributed by atoms with Crippen LogP contribution in [-0.4, -0.2) is 28.6 Å². The number of hydrogen-bond donors (Lipinski definition) is 1. The maximum atomic E-state index is 4.71. The number of nitrogens with one attached hydrogen (secondary N) is 1. The van der Waals surface area contributed by atoms with E-state index in [-0.39, 0.29) is 12.4 Å². The molecule has 0 atom stereocenters. The number of benzene rings is 1. The monoisotopic (exact) mass is 276 g/mol. The molecular formula is C14H17ClN4. The molecule has 100 valence electrons. The second-order valence-electron chi connectivity index (χ2n) is 4.46. The van der Waals surface area contributed by atoms with E-state index in [9.17, 15) is 0 Å². The van der Waals surface area contributed by atoms with Gasteiger partial charge in [0.15, 0.2) is 0 Å². The van der Waals surface area contributed by atoms with E-state index in [1.807, 2.05) is 36.9 Å². The smallest absolute Gasteiger partial charge is 0.133 e. The number of aryl methyl sites for hydroxylation is 2. The zero-order chi connectivity index (χ0) is 12.5. The average Bonchev–Trinajstić information content (AvgIpc) is 2.58. The van der Waals surface area contributed by atoms with Crippen LogP contribution < -0.4 is 5.32 Å². The van der Waals surface area contributed by atoms with Gasteiger partial charge in [-0.25, -0.2) is 0 Å². The van der Waals surface area contributed by atoms with Crippen LogP contribution in [-0.2, 0) is 7.05 Å². The van der Waals surface area contributed by atoms with Crippen LogP contribution >= 0.6 is 12.4 Å². The lowest BCUT2D eigenvalue weighted by Crippen LogP contribution is -2.08. The Labute approximate surface area is 119 Å². The maximum absolute atomic E-state index is 4.71. The number of rotatable bonds is 1. The Morgan fingerprint density at radius 2 is 1.95 bits per heavy atom. The lowest BCUT2D eigenvalue weighted by molar-refractivity contribution is 0.758. The predicted molar refractivity (Wildman–Crippen MR) is 80.6 cm³/mol. The normalized spacial score (nSPS) is 13.7. The molecule has 2 heterocycles. The number of fused-ring (bicyclic) bond motifs is 1. The van der Waals surface area contributed by atoms with Gasteiger partial charge in [-0.2, -0.15) is 5.10 Å². The fraction of sp³-hybridized carbons (Fsp3) is 0.286. The van der Waals surface area contributed by atoms with Crippen LogP contribution in [0.3, 0.4) is 0 Å². The van der Waals surface area contributed by atoms with Crippen LogP contribution in [0.15, 0.2) is 35.3 Å². The Balaban J connectivity index is 0.00000133. The van der Waals surface area contributed by atoms with Gasteiger partial charge in [0.1, 0.15) is 5.82 Å². The summed E-state index contributed by atoms with van der Waals surface area (Å²) in [5.41, 5.74) is 4.34. The van der Waals surface area contributed by atoms with Gasteiger partial charge in [0.25, 0.3) is 0 Å². The van der Waals surface area contributed by atoms with Gasteiger partial charge in [0.2, 0.25) is 0 Å². The van der Waals surface area contributed by atoms with E-state index in [1.165, 1.54) is 0 Å². The van der Waals surface area contributed by atoms with Gasteiger partial charge in [-0.15, -0.1) is 12.4 Å². The molecule has 4 nitrogen and oxygen atoms in total. The summed E-state index contributed by atoms with van der Waals surface area (Å²) in [6.45, 7) is 3.67. The van der Waals surface area contributed by atoms with Gasteiger partial charge in [-0.1, -0.05) is 30.3 Å². The minimum absolute atomic E-state index is 0.